The molecule has 0 spiro atoms. The maximum Gasteiger partial charge on any atom is 0.335 e. The second-order valence-corrected chi connectivity index (χ2v) is 3.45. The summed E-state index contributed by atoms with van der Waals surface area (Å²) in [5.41, 5.74) is 2.20. The van der Waals surface area contributed by atoms with Crippen molar-refractivity contribution >= 4 is 5.97 Å². The molecule has 16 heavy (non-hydrogen) atoms. The van der Waals surface area contributed by atoms with Gasteiger partial charge in [-0.05, 0) is 30.2 Å². The zero-order valence-electron chi connectivity index (χ0n) is 9.19. The predicted molar refractivity (Wildman–Crippen MR) is 61.2 cm³/mol. The van der Waals surface area contributed by atoms with E-state index in [0.717, 1.165) is 11.1 Å². The summed E-state index contributed by atoms with van der Waals surface area (Å²) in [6.07, 6.45) is 5.69. The Hall–Kier alpha value is -1.79. The van der Waals surface area contributed by atoms with Crippen molar-refractivity contribution in [3.05, 3.63) is 34.9 Å². The van der Waals surface area contributed by atoms with Crippen LogP contribution in [0.3, 0.4) is 0 Å². The van der Waals surface area contributed by atoms with Crippen molar-refractivity contribution in [2.24, 2.45) is 0 Å². The van der Waals surface area contributed by atoms with Crippen LogP contribution in [0.25, 0.3) is 0 Å². The molecule has 0 amide bonds. The number of carboxylic acid groups (broad SMARTS) is 1. The second-order valence-electron chi connectivity index (χ2n) is 3.45. The molecule has 3 heteroatoms. The van der Waals surface area contributed by atoms with E-state index in [1.807, 2.05) is 6.92 Å². The Kier molecular flexibility index (Phi) is 4.56. The number of terminal acetylenes is 1. The molecule has 0 aliphatic rings. The summed E-state index contributed by atoms with van der Waals surface area (Å²) in [5.74, 6) is 1.58. The van der Waals surface area contributed by atoms with Gasteiger partial charge in [0.1, 0.15) is 0 Å². The van der Waals surface area contributed by atoms with Crippen molar-refractivity contribution in [3.8, 4) is 12.3 Å². The van der Waals surface area contributed by atoms with Gasteiger partial charge in [-0.25, -0.2) is 4.79 Å². The highest BCUT2D eigenvalue weighted by Gasteiger charge is 2.05. The lowest BCUT2D eigenvalue weighted by Gasteiger charge is -2.07. The summed E-state index contributed by atoms with van der Waals surface area (Å²) in [6.45, 7) is 2.86. The highest BCUT2D eigenvalue weighted by Crippen LogP contribution is 2.12. The van der Waals surface area contributed by atoms with E-state index in [9.17, 15) is 4.79 Å². The first-order valence-electron chi connectivity index (χ1n) is 4.99. The van der Waals surface area contributed by atoms with E-state index in [1.165, 1.54) is 0 Å². The standard InChI is InChI=1S/C13H14O3/c1-3-4-7-16-9-12-6-5-11(13(14)15)8-10(12)2/h1,5-6,8H,4,7,9H2,2H3,(H,14,15). The lowest BCUT2D eigenvalue weighted by atomic mass is 10.1. The van der Waals surface area contributed by atoms with Crippen molar-refractivity contribution in [1.29, 1.82) is 0 Å². The third-order valence-electron chi connectivity index (χ3n) is 2.24. The smallest absolute Gasteiger partial charge is 0.335 e. The quantitative estimate of drug-likeness (QED) is 0.609. The molecule has 84 valence electrons. The van der Waals surface area contributed by atoms with E-state index < -0.39 is 5.97 Å². The summed E-state index contributed by atoms with van der Waals surface area (Å²) >= 11 is 0. The Bertz CT molecular complexity index is 416. The Balaban J connectivity index is 2.62. The molecule has 1 N–H and O–H groups in total. The number of hydrogen-bond donors (Lipinski definition) is 1. The van der Waals surface area contributed by atoms with Crippen LogP contribution < -0.4 is 0 Å². The van der Waals surface area contributed by atoms with Crippen LogP contribution >= 0.6 is 0 Å². The monoisotopic (exact) mass is 218 g/mol. The maximum atomic E-state index is 10.7. The summed E-state index contributed by atoms with van der Waals surface area (Å²) in [5, 5.41) is 8.79. The van der Waals surface area contributed by atoms with Crippen LogP contribution in [0.4, 0.5) is 0 Å². The van der Waals surface area contributed by atoms with Gasteiger partial charge in [-0.3, -0.25) is 0 Å². The van der Waals surface area contributed by atoms with Gasteiger partial charge >= 0.3 is 5.97 Å². The molecule has 1 rings (SSSR count). The van der Waals surface area contributed by atoms with E-state index in [1.54, 1.807) is 18.2 Å². The summed E-state index contributed by atoms with van der Waals surface area (Å²) in [4.78, 5) is 10.7. The average molecular weight is 218 g/mol. The molecule has 0 fully saturated rings. The van der Waals surface area contributed by atoms with Crippen LogP contribution in [-0.2, 0) is 11.3 Å². The Labute approximate surface area is 95.1 Å². The summed E-state index contributed by atoms with van der Waals surface area (Å²) < 4.78 is 5.35. The molecule has 0 saturated heterocycles. The van der Waals surface area contributed by atoms with Crippen LogP contribution in [-0.4, -0.2) is 17.7 Å². The highest BCUT2D eigenvalue weighted by molar-refractivity contribution is 5.87. The molecular formula is C13H14O3. The third kappa shape index (κ3) is 3.41. The Morgan fingerprint density at radius 3 is 2.88 bits per heavy atom. The van der Waals surface area contributed by atoms with Crippen LogP contribution in [0.2, 0.25) is 0 Å². The number of aromatic carboxylic acids is 1. The van der Waals surface area contributed by atoms with Crippen LogP contribution in [0, 0.1) is 19.3 Å². The first-order chi connectivity index (χ1) is 7.65. The number of carboxylic acids is 1. The van der Waals surface area contributed by atoms with E-state index >= 15 is 0 Å². The average Bonchev–Trinajstić information content (AvgIpc) is 2.26. The second kappa shape index (κ2) is 5.94. The normalized spacial score (nSPS) is 9.75. The number of benzene rings is 1. The summed E-state index contributed by atoms with van der Waals surface area (Å²) in [6, 6.07) is 4.99. The molecule has 0 aliphatic heterocycles. The molecule has 1 aromatic rings. The minimum Gasteiger partial charge on any atom is -0.478 e. The van der Waals surface area contributed by atoms with Crippen LogP contribution in [0.1, 0.15) is 27.9 Å². The van der Waals surface area contributed by atoms with Gasteiger partial charge in [-0.2, -0.15) is 0 Å². The predicted octanol–water partition coefficient (Wildman–Crippen LogP) is 2.23. The van der Waals surface area contributed by atoms with Gasteiger partial charge in [0.15, 0.2) is 0 Å². The zero-order chi connectivity index (χ0) is 12.0. The number of hydrogen-bond acceptors (Lipinski definition) is 2. The van der Waals surface area contributed by atoms with Crippen LogP contribution in [0.15, 0.2) is 18.2 Å². The van der Waals surface area contributed by atoms with Crippen molar-refractivity contribution in [2.45, 2.75) is 20.0 Å². The molecular weight excluding hydrogens is 204 g/mol. The van der Waals surface area contributed by atoms with Crippen molar-refractivity contribution in [2.75, 3.05) is 6.61 Å². The molecule has 0 bridgehead atoms. The first-order valence-corrected chi connectivity index (χ1v) is 4.99. The molecule has 1 aromatic carbocycles. The van der Waals surface area contributed by atoms with Gasteiger partial charge in [0.25, 0.3) is 0 Å². The molecule has 0 aliphatic carbocycles. The molecule has 0 heterocycles. The van der Waals surface area contributed by atoms with Crippen molar-refractivity contribution in [3.63, 3.8) is 0 Å². The van der Waals surface area contributed by atoms with Gasteiger partial charge < -0.3 is 9.84 Å². The maximum absolute atomic E-state index is 10.7. The van der Waals surface area contributed by atoms with Gasteiger partial charge in [0.05, 0.1) is 18.8 Å². The SMILES string of the molecule is C#CCCOCc1ccc(C(=O)O)cc1C. The number of rotatable bonds is 5. The van der Waals surface area contributed by atoms with Crippen molar-refractivity contribution < 1.29 is 14.6 Å². The number of ether oxygens (including phenoxy) is 1. The molecule has 0 atom stereocenters. The minimum atomic E-state index is -0.914. The van der Waals surface area contributed by atoms with E-state index in [-0.39, 0.29) is 0 Å². The third-order valence-corrected chi connectivity index (χ3v) is 2.24. The number of carbonyl (C=O) groups is 1. The molecule has 0 aromatic heterocycles. The lowest BCUT2D eigenvalue weighted by Crippen LogP contribution is -2.01. The van der Waals surface area contributed by atoms with Gasteiger partial charge in [-0.1, -0.05) is 6.07 Å². The first kappa shape index (κ1) is 12.3. The minimum absolute atomic E-state index is 0.296. The highest BCUT2D eigenvalue weighted by atomic mass is 16.5. The van der Waals surface area contributed by atoms with E-state index in [0.29, 0.717) is 25.2 Å². The number of aryl methyl sites for hydroxylation is 1. The fourth-order valence-corrected chi connectivity index (χ4v) is 1.30. The lowest BCUT2D eigenvalue weighted by molar-refractivity contribution is 0.0696. The van der Waals surface area contributed by atoms with Gasteiger partial charge in [-0.15, -0.1) is 12.3 Å². The molecule has 0 saturated carbocycles. The van der Waals surface area contributed by atoms with Crippen LogP contribution in [0.5, 0.6) is 0 Å². The topological polar surface area (TPSA) is 46.5 Å². The van der Waals surface area contributed by atoms with Gasteiger partial charge in [0.2, 0.25) is 0 Å². The fourth-order valence-electron chi connectivity index (χ4n) is 1.30. The summed E-state index contributed by atoms with van der Waals surface area (Å²) in [7, 11) is 0. The molecule has 3 nitrogen and oxygen atoms in total. The fraction of sp³-hybridized carbons (Fsp3) is 0.308. The molecule has 0 unspecified atom stereocenters. The van der Waals surface area contributed by atoms with Crippen molar-refractivity contribution in [1.82, 2.24) is 0 Å². The Morgan fingerprint density at radius 2 is 2.31 bits per heavy atom. The van der Waals surface area contributed by atoms with E-state index in [2.05, 4.69) is 5.92 Å². The van der Waals surface area contributed by atoms with Gasteiger partial charge in [0, 0.05) is 6.42 Å². The van der Waals surface area contributed by atoms with E-state index in [4.69, 9.17) is 16.3 Å². The largest absolute Gasteiger partial charge is 0.478 e. The zero-order valence-corrected chi connectivity index (χ0v) is 9.19. The molecule has 0 radical (unpaired) electrons. The Morgan fingerprint density at radius 1 is 1.56 bits per heavy atom.